The van der Waals surface area contributed by atoms with Crippen molar-refractivity contribution < 1.29 is 14.7 Å². The van der Waals surface area contributed by atoms with Gasteiger partial charge >= 0.3 is 5.97 Å². The van der Waals surface area contributed by atoms with E-state index in [1.54, 1.807) is 15.8 Å². The van der Waals surface area contributed by atoms with Crippen LogP contribution in [0.1, 0.15) is 25.3 Å². The number of carbonyl (C=O) groups excluding carboxylic acids is 1. The molecule has 0 unspecified atom stereocenters. The second kappa shape index (κ2) is 6.71. The molecule has 7 heteroatoms. The van der Waals surface area contributed by atoms with Gasteiger partial charge in [0, 0.05) is 38.4 Å². The van der Waals surface area contributed by atoms with Crippen molar-refractivity contribution in [1.29, 1.82) is 0 Å². The summed E-state index contributed by atoms with van der Waals surface area (Å²) < 4.78 is 1.64. The number of amides is 1. The lowest BCUT2D eigenvalue weighted by Crippen LogP contribution is -2.54. The molecule has 0 spiro atoms. The largest absolute Gasteiger partial charge is 0.481 e. The number of aliphatic carboxylic acids is 1. The third-order valence-corrected chi connectivity index (χ3v) is 3.84. The lowest BCUT2D eigenvalue weighted by atomic mass is 10.1. The van der Waals surface area contributed by atoms with E-state index in [4.69, 9.17) is 5.11 Å². The number of likely N-dealkylation sites (N-methyl/N-ethyl adjacent to an activating group) is 1. The molecule has 1 aromatic heterocycles. The number of aromatic nitrogens is 2. The number of hydrogen-bond donors (Lipinski definition) is 1. The van der Waals surface area contributed by atoms with E-state index in [0.717, 1.165) is 25.1 Å². The molecule has 1 atom stereocenters. The summed E-state index contributed by atoms with van der Waals surface area (Å²) >= 11 is 0. The fraction of sp³-hybridized carbons (Fsp3) is 0.643. The summed E-state index contributed by atoms with van der Waals surface area (Å²) in [4.78, 5) is 26.6. The van der Waals surface area contributed by atoms with Crippen molar-refractivity contribution in [1.82, 2.24) is 19.6 Å². The standard InChI is InChI=1S/C14H22N4O3/c1-3-12-14(21)16(2)6-7-17(12)9-11-8-15-18(10-11)5-4-13(19)20/h8,10,12H,3-7,9H2,1-2H3,(H,19,20)/t12-/m1/s1. The molecule has 116 valence electrons. The fourth-order valence-electron chi connectivity index (χ4n) is 2.63. The molecule has 2 rings (SSSR count). The Morgan fingerprint density at radius 1 is 1.48 bits per heavy atom. The van der Waals surface area contributed by atoms with E-state index < -0.39 is 5.97 Å². The molecule has 1 saturated heterocycles. The van der Waals surface area contributed by atoms with E-state index >= 15 is 0 Å². The van der Waals surface area contributed by atoms with Gasteiger partial charge in [0.05, 0.1) is 25.2 Å². The van der Waals surface area contributed by atoms with E-state index in [1.165, 1.54) is 0 Å². The Balaban J connectivity index is 1.97. The van der Waals surface area contributed by atoms with Crippen LogP contribution in [0.5, 0.6) is 0 Å². The summed E-state index contributed by atoms with van der Waals surface area (Å²) in [5.74, 6) is -0.662. The highest BCUT2D eigenvalue weighted by Gasteiger charge is 2.31. The normalized spacial score (nSPS) is 20.0. The number of carboxylic acid groups (broad SMARTS) is 1. The molecule has 0 aromatic carbocycles. The lowest BCUT2D eigenvalue weighted by Gasteiger charge is -2.38. The van der Waals surface area contributed by atoms with E-state index in [0.29, 0.717) is 13.1 Å². The maximum Gasteiger partial charge on any atom is 0.305 e. The Morgan fingerprint density at radius 2 is 2.24 bits per heavy atom. The van der Waals surface area contributed by atoms with Gasteiger partial charge in [0.15, 0.2) is 0 Å². The Hall–Kier alpha value is -1.89. The zero-order valence-electron chi connectivity index (χ0n) is 12.5. The van der Waals surface area contributed by atoms with Gasteiger partial charge in [0.1, 0.15) is 0 Å². The van der Waals surface area contributed by atoms with Crippen LogP contribution in [0, 0.1) is 0 Å². The zero-order valence-corrected chi connectivity index (χ0v) is 12.5. The van der Waals surface area contributed by atoms with E-state index in [-0.39, 0.29) is 18.4 Å². The third kappa shape index (κ3) is 3.81. The van der Waals surface area contributed by atoms with Crippen molar-refractivity contribution in [2.24, 2.45) is 0 Å². The van der Waals surface area contributed by atoms with Gasteiger partial charge in [-0.25, -0.2) is 0 Å². The van der Waals surface area contributed by atoms with Crippen LogP contribution in [0.4, 0.5) is 0 Å². The summed E-state index contributed by atoms with van der Waals surface area (Å²) in [6, 6.07) is -0.0777. The van der Waals surface area contributed by atoms with E-state index in [1.807, 2.05) is 20.2 Å². The Bertz CT molecular complexity index is 514. The smallest absolute Gasteiger partial charge is 0.305 e. The van der Waals surface area contributed by atoms with Crippen LogP contribution in [0.3, 0.4) is 0 Å². The maximum atomic E-state index is 12.1. The number of hydrogen-bond acceptors (Lipinski definition) is 4. The molecule has 7 nitrogen and oxygen atoms in total. The van der Waals surface area contributed by atoms with Crippen LogP contribution in [0.2, 0.25) is 0 Å². The molecule has 1 aromatic rings. The van der Waals surface area contributed by atoms with Crippen molar-refractivity contribution in [2.45, 2.75) is 38.9 Å². The molecule has 1 amide bonds. The van der Waals surface area contributed by atoms with Crippen LogP contribution < -0.4 is 0 Å². The number of carboxylic acids is 1. The summed E-state index contributed by atoms with van der Waals surface area (Å²) in [7, 11) is 1.84. The molecule has 0 radical (unpaired) electrons. The van der Waals surface area contributed by atoms with Crippen LogP contribution in [0.25, 0.3) is 0 Å². The molecule has 0 bridgehead atoms. The van der Waals surface area contributed by atoms with Gasteiger partial charge in [0.2, 0.25) is 5.91 Å². The third-order valence-electron chi connectivity index (χ3n) is 3.84. The average Bonchev–Trinajstić information content (AvgIpc) is 2.89. The predicted molar refractivity (Wildman–Crippen MR) is 76.6 cm³/mol. The van der Waals surface area contributed by atoms with Crippen molar-refractivity contribution in [2.75, 3.05) is 20.1 Å². The Kier molecular flexibility index (Phi) is 4.95. The van der Waals surface area contributed by atoms with Crippen LogP contribution in [0.15, 0.2) is 12.4 Å². The molecular formula is C14H22N4O3. The number of nitrogens with zero attached hydrogens (tertiary/aromatic N) is 4. The fourth-order valence-corrected chi connectivity index (χ4v) is 2.63. The molecule has 1 N–H and O–H groups in total. The first-order chi connectivity index (χ1) is 10.0. The lowest BCUT2D eigenvalue weighted by molar-refractivity contribution is -0.140. The Labute approximate surface area is 124 Å². The van der Waals surface area contributed by atoms with Gasteiger partial charge < -0.3 is 10.0 Å². The monoisotopic (exact) mass is 294 g/mol. The summed E-state index contributed by atoms with van der Waals surface area (Å²) in [5, 5.41) is 12.8. The highest BCUT2D eigenvalue weighted by molar-refractivity contribution is 5.82. The summed E-state index contributed by atoms with van der Waals surface area (Å²) in [6.45, 7) is 4.65. The second-order valence-electron chi connectivity index (χ2n) is 5.41. The molecule has 1 fully saturated rings. The molecular weight excluding hydrogens is 272 g/mol. The van der Waals surface area contributed by atoms with Gasteiger partial charge in [-0.3, -0.25) is 19.2 Å². The second-order valence-corrected chi connectivity index (χ2v) is 5.41. The predicted octanol–water partition coefficient (Wildman–Crippen LogP) is 0.410. The molecule has 0 aliphatic carbocycles. The minimum atomic E-state index is -0.831. The van der Waals surface area contributed by atoms with Crippen molar-refractivity contribution >= 4 is 11.9 Å². The van der Waals surface area contributed by atoms with Gasteiger partial charge in [-0.2, -0.15) is 5.10 Å². The van der Waals surface area contributed by atoms with Crippen LogP contribution in [-0.2, 0) is 22.7 Å². The summed E-state index contributed by atoms with van der Waals surface area (Å²) in [5.41, 5.74) is 1.01. The van der Waals surface area contributed by atoms with Crippen LogP contribution in [-0.4, -0.2) is 62.7 Å². The first-order valence-electron chi connectivity index (χ1n) is 7.23. The SMILES string of the molecule is CC[C@@H]1C(=O)N(C)CCN1Cc1cnn(CCC(=O)O)c1. The zero-order chi connectivity index (χ0) is 15.4. The highest BCUT2D eigenvalue weighted by atomic mass is 16.4. The number of carbonyl (C=O) groups is 2. The summed E-state index contributed by atoms with van der Waals surface area (Å²) in [6.07, 6.45) is 4.46. The first-order valence-corrected chi connectivity index (χ1v) is 7.23. The van der Waals surface area contributed by atoms with Gasteiger partial charge in [-0.15, -0.1) is 0 Å². The molecule has 0 saturated carbocycles. The number of piperazine rings is 1. The minimum absolute atomic E-state index is 0.0612. The molecule has 21 heavy (non-hydrogen) atoms. The molecule has 1 aliphatic heterocycles. The van der Waals surface area contributed by atoms with Crippen molar-refractivity contribution in [3.8, 4) is 0 Å². The first kappa shape index (κ1) is 15.5. The van der Waals surface area contributed by atoms with Crippen LogP contribution >= 0.6 is 0 Å². The molecule has 1 aliphatic rings. The quantitative estimate of drug-likeness (QED) is 0.822. The van der Waals surface area contributed by atoms with Gasteiger partial charge in [-0.05, 0) is 6.42 Å². The number of rotatable bonds is 6. The minimum Gasteiger partial charge on any atom is -0.481 e. The Morgan fingerprint density at radius 3 is 2.90 bits per heavy atom. The van der Waals surface area contributed by atoms with Gasteiger partial charge in [-0.1, -0.05) is 6.92 Å². The van der Waals surface area contributed by atoms with E-state index in [9.17, 15) is 9.59 Å². The number of aryl methyl sites for hydroxylation is 1. The van der Waals surface area contributed by atoms with Crippen molar-refractivity contribution in [3.05, 3.63) is 18.0 Å². The molecule has 2 heterocycles. The van der Waals surface area contributed by atoms with E-state index in [2.05, 4.69) is 10.00 Å². The maximum absolute atomic E-state index is 12.1. The van der Waals surface area contributed by atoms with Gasteiger partial charge in [0.25, 0.3) is 0 Å². The average molecular weight is 294 g/mol. The highest BCUT2D eigenvalue weighted by Crippen LogP contribution is 2.16. The van der Waals surface area contributed by atoms with Crippen molar-refractivity contribution in [3.63, 3.8) is 0 Å². The topological polar surface area (TPSA) is 78.7 Å².